The number of benzene rings is 1. The molecule has 0 spiro atoms. The molecular formula is C14H25N3. The predicted octanol–water partition coefficient (Wildman–Crippen LogP) is 2.58. The SMILES string of the molecule is Cc1cc(NCC(C)(C)CN(C)C)ccc1N. The van der Waals surface area contributed by atoms with E-state index in [1.54, 1.807) is 0 Å². The number of hydrogen-bond donors (Lipinski definition) is 2. The van der Waals surface area contributed by atoms with Gasteiger partial charge in [-0.25, -0.2) is 0 Å². The van der Waals surface area contributed by atoms with E-state index in [1.165, 1.54) is 0 Å². The lowest BCUT2D eigenvalue weighted by Gasteiger charge is -2.29. The average molecular weight is 235 g/mol. The van der Waals surface area contributed by atoms with Gasteiger partial charge in [0, 0.05) is 24.5 Å². The van der Waals surface area contributed by atoms with E-state index in [-0.39, 0.29) is 5.41 Å². The largest absolute Gasteiger partial charge is 0.399 e. The quantitative estimate of drug-likeness (QED) is 0.771. The zero-order valence-corrected chi connectivity index (χ0v) is 11.7. The molecule has 0 bridgehead atoms. The van der Waals surface area contributed by atoms with E-state index in [2.05, 4.69) is 44.2 Å². The lowest BCUT2D eigenvalue weighted by atomic mass is 9.93. The molecular weight excluding hydrogens is 210 g/mol. The highest BCUT2D eigenvalue weighted by Gasteiger charge is 2.18. The van der Waals surface area contributed by atoms with Crippen molar-refractivity contribution < 1.29 is 0 Å². The first-order chi connectivity index (χ1) is 7.80. The zero-order valence-electron chi connectivity index (χ0n) is 11.7. The molecule has 1 aromatic rings. The molecule has 0 atom stereocenters. The van der Waals surface area contributed by atoms with Crippen molar-refractivity contribution in [3.8, 4) is 0 Å². The molecule has 17 heavy (non-hydrogen) atoms. The van der Waals surface area contributed by atoms with Gasteiger partial charge in [-0.15, -0.1) is 0 Å². The fraction of sp³-hybridized carbons (Fsp3) is 0.571. The second kappa shape index (κ2) is 5.41. The Morgan fingerprint density at radius 3 is 2.47 bits per heavy atom. The Kier molecular flexibility index (Phi) is 4.40. The Balaban J connectivity index is 2.58. The second-order valence-electron chi connectivity index (χ2n) is 5.83. The van der Waals surface area contributed by atoms with Crippen LogP contribution in [0.1, 0.15) is 19.4 Å². The van der Waals surface area contributed by atoms with Gasteiger partial charge < -0.3 is 16.0 Å². The van der Waals surface area contributed by atoms with Crippen LogP contribution in [0, 0.1) is 12.3 Å². The fourth-order valence-corrected chi connectivity index (χ4v) is 2.04. The lowest BCUT2D eigenvalue weighted by Crippen LogP contribution is -2.34. The first kappa shape index (κ1) is 13.8. The Morgan fingerprint density at radius 2 is 1.94 bits per heavy atom. The van der Waals surface area contributed by atoms with Gasteiger partial charge in [-0.05, 0) is 50.2 Å². The van der Waals surface area contributed by atoms with Crippen molar-refractivity contribution in [1.82, 2.24) is 4.90 Å². The van der Waals surface area contributed by atoms with E-state index in [1.807, 2.05) is 19.1 Å². The Labute approximate surface area is 105 Å². The molecule has 0 unspecified atom stereocenters. The molecule has 3 N–H and O–H groups in total. The molecule has 0 aromatic heterocycles. The van der Waals surface area contributed by atoms with Gasteiger partial charge in [-0.1, -0.05) is 13.8 Å². The summed E-state index contributed by atoms with van der Waals surface area (Å²) in [5, 5.41) is 3.48. The van der Waals surface area contributed by atoms with Crippen LogP contribution in [0.15, 0.2) is 18.2 Å². The molecule has 0 saturated heterocycles. The lowest BCUT2D eigenvalue weighted by molar-refractivity contribution is 0.254. The number of rotatable bonds is 5. The summed E-state index contributed by atoms with van der Waals surface area (Å²) in [6.45, 7) is 8.59. The predicted molar refractivity (Wildman–Crippen MR) is 76.4 cm³/mol. The maximum Gasteiger partial charge on any atom is 0.0345 e. The van der Waals surface area contributed by atoms with Crippen molar-refractivity contribution in [3.63, 3.8) is 0 Å². The minimum absolute atomic E-state index is 0.249. The van der Waals surface area contributed by atoms with Gasteiger partial charge in [-0.2, -0.15) is 0 Å². The van der Waals surface area contributed by atoms with Crippen LogP contribution >= 0.6 is 0 Å². The number of aryl methyl sites for hydroxylation is 1. The Hall–Kier alpha value is -1.22. The monoisotopic (exact) mass is 235 g/mol. The normalized spacial score (nSPS) is 11.9. The molecule has 3 nitrogen and oxygen atoms in total. The first-order valence-corrected chi connectivity index (χ1v) is 6.05. The number of nitrogens with one attached hydrogen (secondary N) is 1. The van der Waals surface area contributed by atoms with Crippen molar-refractivity contribution >= 4 is 11.4 Å². The molecule has 0 aliphatic rings. The second-order valence-corrected chi connectivity index (χ2v) is 5.83. The molecule has 96 valence electrons. The molecule has 0 saturated carbocycles. The highest BCUT2D eigenvalue weighted by atomic mass is 15.1. The standard InChI is InChI=1S/C14H25N3/c1-11-8-12(6-7-13(11)15)16-9-14(2,3)10-17(4)5/h6-8,16H,9-10,15H2,1-5H3. The fourth-order valence-electron chi connectivity index (χ4n) is 2.04. The molecule has 0 aliphatic carbocycles. The van der Waals surface area contributed by atoms with Crippen LogP contribution in [-0.4, -0.2) is 32.1 Å². The van der Waals surface area contributed by atoms with Crippen molar-refractivity contribution in [2.24, 2.45) is 5.41 Å². The Morgan fingerprint density at radius 1 is 1.29 bits per heavy atom. The van der Waals surface area contributed by atoms with E-state index in [4.69, 9.17) is 5.73 Å². The van der Waals surface area contributed by atoms with Gasteiger partial charge in [0.1, 0.15) is 0 Å². The molecule has 1 aromatic carbocycles. The molecule has 0 amide bonds. The number of anilines is 2. The third kappa shape index (κ3) is 4.65. The van der Waals surface area contributed by atoms with E-state index in [0.717, 1.165) is 30.0 Å². The van der Waals surface area contributed by atoms with Gasteiger partial charge in [0.05, 0.1) is 0 Å². The molecule has 3 heteroatoms. The van der Waals surface area contributed by atoms with Crippen molar-refractivity contribution in [1.29, 1.82) is 0 Å². The first-order valence-electron chi connectivity index (χ1n) is 6.05. The molecule has 1 rings (SSSR count). The van der Waals surface area contributed by atoms with E-state index in [9.17, 15) is 0 Å². The summed E-state index contributed by atoms with van der Waals surface area (Å²) in [6, 6.07) is 6.09. The maximum absolute atomic E-state index is 5.80. The van der Waals surface area contributed by atoms with Crippen LogP contribution in [0.25, 0.3) is 0 Å². The summed E-state index contributed by atoms with van der Waals surface area (Å²) >= 11 is 0. The Bertz CT molecular complexity index is 370. The van der Waals surface area contributed by atoms with Crippen LogP contribution in [-0.2, 0) is 0 Å². The van der Waals surface area contributed by atoms with Crippen LogP contribution < -0.4 is 11.1 Å². The van der Waals surface area contributed by atoms with Gasteiger partial charge >= 0.3 is 0 Å². The van der Waals surface area contributed by atoms with Crippen molar-refractivity contribution in [2.45, 2.75) is 20.8 Å². The van der Waals surface area contributed by atoms with Gasteiger partial charge in [0.15, 0.2) is 0 Å². The van der Waals surface area contributed by atoms with Crippen molar-refractivity contribution in [3.05, 3.63) is 23.8 Å². The molecule has 0 aliphatic heterocycles. The van der Waals surface area contributed by atoms with Gasteiger partial charge in [-0.3, -0.25) is 0 Å². The van der Waals surface area contributed by atoms with E-state index < -0.39 is 0 Å². The number of nitrogen functional groups attached to an aromatic ring is 1. The summed E-state index contributed by atoms with van der Waals surface area (Å²) in [4.78, 5) is 2.22. The highest BCUT2D eigenvalue weighted by molar-refractivity contribution is 5.56. The van der Waals surface area contributed by atoms with E-state index >= 15 is 0 Å². The summed E-state index contributed by atoms with van der Waals surface area (Å²) in [7, 11) is 4.21. The molecule has 0 radical (unpaired) electrons. The number of nitrogens with two attached hydrogens (primary N) is 1. The molecule has 0 fully saturated rings. The van der Waals surface area contributed by atoms with E-state index in [0.29, 0.717) is 0 Å². The maximum atomic E-state index is 5.80. The van der Waals surface area contributed by atoms with Crippen LogP contribution in [0.4, 0.5) is 11.4 Å². The van der Waals surface area contributed by atoms with Crippen LogP contribution in [0.2, 0.25) is 0 Å². The summed E-state index contributed by atoms with van der Waals surface area (Å²) < 4.78 is 0. The summed E-state index contributed by atoms with van der Waals surface area (Å²) in [6.07, 6.45) is 0. The number of hydrogen-bond acceptors (Lipinski definition) is 3. The third-order valence-electron chi connectivity index (χ3n) is 2.79. The van der Waals surface area contributed by atoms with Crippen LogP contribution in [0.5, 0.6) is 0 Å². The molecule has 0 heterocycles. The summed E-state index contributed by atoms with van der Waals surface area (Å²) in [5.41, 5.74) is 9.17. The zero-order chi connectivity index (χ0) is 13.1. The minimum atomic E-state index is 0.249. The minimum Gasteiger partial charge on any atom is -0.399 e. The number of nitrogens with zero attached hydrogens (tertiary/aromatic N) is 1. The smallest absolute Gasteiger partial charge is 0.0345 e. The topological polar surface area (TPSA) is 41.3 Å². The van der Waals surface area contributed by atoms with Gasteiger partial charge in [0.25, 0.3) is 0 Å². The highest BCUT2D eigenvalue weighted by Crippen LogP contribution is 2.20. The summed E-state index contributed by atoms with van der Waals surface area (Å²) in [5.74, 6) is 0. The average Bonchev–Trinajstić information content (AvgIpc) is 2.18. The third-order valence-corrected chi connectivity index (χ3v) is 2.79. The van der Waals surface area contributed by atoms with Crippen LogP contribution in [0.3, 0.4) is 0 Å². The van der Waals surface area contributed by atoms with Crippen molar-refractivity contribution in [2.75, 3.05) is 38.2 Å². The van der Waals surface area contributed by atoms with Gasteiger partial charge in [0.2, 0.25) is 0 Å².